The number of nitrogens with zero attached hydrogens (tertiary/aromatic N) is 1. The average Bonchev–Trinajstić information content (AvgIpc) is 3.17. The first kappa shape index (κ1) is 22.5. The monoisotopic (exact) mass is 425 g/mol. The normalized spacial score (nSPS) is 21.9. The maximum Gasteiger partial charge on any atom is 0.405 e. The van der Waals surface area contributed by atoms with Crippen molar-refractivity contribution in [3.05, 3.63) is 22.4 Å². The Labute approximate surface area is 168 Å². The molecule has 27 heavy (non-hydrogen) atoms. The lowest BCUT2D eigenvalue weighted by molar-refractivity contribution is -0.184. The van der Waals surface area contributed by atoms with E-state index in [9.17, 15) is 18.0 Å². The Morgan fingerprint density at radius 1 is 1.26 bits per heavy atom. The highest BCUT2D eigenvalue weighted by Gasteiger charge is 2.46. The second kappa shape index (κ2) is 9.58. The highest BCUT2D eigenvalue weighted by Crippen LogP contribution is 2.41. The zero-order valence-electron chi connectivity index (χ0n) is 15.2. The molecule has 1 saturated heterocycles. The first-order chi connectivity index (χ1) is 12.4. The molecule has 1 aromatic rings. The molecule has 1 atom stereocenters. The fourth-order valence-corrected chi connectivity index (χ4v) is 5.08. The van der Waals surface area contributed by atoms with Crippen molar-refractivity contribution in [3.63, 3.8) is 0 Å². The molecule has 4 nitrogen and oxygen atoms in total. The Kier molecular flexibility index (Phi) is 7.97. The van der Waals surface area contributed by atoms with Crippen LogP contribution in [0.3, 0.4) is 0 Å². The largest absolute Gasteiger partial charge is 0.405 e. The van der Waals surface area contributed by atoms with Crippen molar-refractivity contribution in [1.29, 1.82) is 0 Å². The molecular weight excluding hydrogens is 399 g/mol. The summed E-state index contributed by atoms with van der Waals surface area (Å²) in [7, 11) is 0. The Bertz CT molecular complexity index is 585. The van der Waals surface area contributed by atoms with Gasteiger partial charge in [0.2, 0.25) is 5.91 Å². The van der Waals surface area contributed by atoms with Gasteiger partial charge in [-0.05, 0) is 24.3 Å². The van der Waals surface area contributed by atoms with Crippen LogP contribution in [0.25, 0.3) is 0 Å². The molecule has 1 aromatic heterocycles. The molecule has 2 heterocycles. The highest BCUT2D eigenvalue weighted by molar-refractivity contribution is 7.10. The van der Waals surface area contributed by atoms with Crippen LogP contribution in [0.15, 0.2) is 17.5 Å². The van der Waals surface area contributed by atoms with Crippen molar-refractivity contribution in [3.8, 4) is 0 Å². The molecule has 2 N–H and O–H groups in total. The molecule has 1 amide bonds. The molecule has 1 aliphatic heterocycles. The lowest BCUT2D eigenvalue weighted by Gasteiger charge is -2.38. The van der Waals surface area contributed by atoms with E-state index < -0.39 is 17.6 Å². The van der Waals surface area contributed by atoms with E-state index in [4.69, 9.17) is 0 Å². The first-order valence-corrected chi connectivity index (χ1v) is 10.2. The van der Waals surface area contributed by atoms with Crippen LogP contribution >= 0.6 is 23.7 Å². The summed E-state index contributed by atoms with van der Waals surface area (Å²) in [6.07, 6.45) is 0.0185. The van der Waals surface area contributed by atoms with Gasteiger partial charge in [-0.1, -0.05) is 25.3 Å². The van der Waals surface area contributed by atoms with Crippen molar-refractivity contribution < 1.29 is 18.0 Å². The summed E-state index contributed by atoms with van der Waals surface area (Å²) in [5.74, 6) is -0.246. The molecule has 9 heteroatoms. The molecule has 0 radical (unpaired) electrons. The predicted octanol–water partition coefficient (Wildman–Crippen LogP) is 3.32. The summed E-state index contributed by atoms with van der Waals surface area (Å²) in [5.41, 5.74) is -0.661. The minimum atomic E-state index is -4.35. The van der Waals surface area contributed by atoms with Gasteiger partial charge < -0.3 is 10.6 Å². The van der Waals surface area contributed by atoms with Crippen molar-refractivity contribution in [2.45, 2.75) is 49.7 Å². The van der Waals surface area contributed by atoms with Crippen LogP contribution in [0.4, 0.5) is 13.2 Å². The van der Waals surface area contributed by atoms with E-state index in [0.717, 1.165) is 24.1 Å². The van der Waals surface area contributed by atoms with E-state index in [-0.39, 0.29) is 24.9 Å². The van der Waals surface area contributed by atoms with Gasteiger partial charge in [0, 0.05) is 37.6 Å². The third-order valence-electron chi connectivity index (χ3n) is 5.56. The van der Waals surface area contributed by atoms with Crippen LogP contribution in [0, 0.1) is 0 Å². The third kappa shape index (κ3) is 5.16. The molecule has 2 aliphatic rings. The van der Waals surface area contributed by atoms with Crippen LogP contribution < -0.4 is 10.6 Å². The number of nitrogens with one attached hydrogen (secondary N) is 2. The van der Waals surface area contributed by atoms with E-state index in [1.54, 1.807) is 0 Å². The Morgan fingerprint density at radius 3 is 2.48 bits per heavy atom. The lowest BCUT2D eigenvalue weighted by Crippen LogP contribution is -2.58. The number of halogens is 4. The van der Waals surface area contributed by atoms with Gasteiger partial charge >= 0.3 is 6.18 Å². The van der Waals surface area contributed by atoms with E-state index in [1.165, 1.54) is 16.2 Å². The van der Waals surface area contributed by atoms with Crippen LogP contribution in [0.2, 0.25) is 0 Å². The summed E-state index contributed by atoms with van der Waals surface area (Å²) < 4.78 is 40.7. The van der Waals surface area contributed by atoms with Gasteiger partial charge in [-0.15, -0.1) is 23.7 Å². The van der Waals surface area contributed by atoms with Gasteiger partial charge in [-0.2, -0.15) is 13.2 Å². The molecule has 3 rings (SSSR count). The first-order valence-electron chi connectivity index (χ1n) is 9.27. The molecule has 1 aliphatic carbocycles. The summed E-state index contributed by atoms with van der Waals surface area (Å²) in [6.45, 7) is 1.39. The molecule has 0 aromatic carbocycles. The summed E-state index contributed by atoms with van der Waals surface area (Å²) in [6, 6.07) is 2.22. The van der Waals surface area contributed by atoms with E-state index in [1.807, 2.05) is 17.5 Å². The van der Waals surface area contributed by atoms with Gasteiger partial charge in [-0.25, -0.2) is 0 Å². The second-order valence-electron chi connectivity index (χ2n) is 7.17. The number of thiophene rings is 1. The molecule has 0 bridgehead atoms. The van der Waals surface area contributed by atoms with Crippen molar-refractivity contribution in [2.75, 3.05) is 32.7 Å². The molecular formula is C18H27ClF3N3OS. The minimum absolute atomic E-state index is 0. The summed E-state index contributed by atoms with van der Waals surface area (Å²) in [5, 5.41) is 7.67. The number of piperazine rings is 1. The average molecular weight is 426 g/mol. The Balaban J connectivity index is 0.00000261. The molecule has 2 fully saturated rings. The van der Waals surface area contributed by atoms with Gasteiger partial charge in [0.1, 0.15) is 6.04 Å². The number of rotatable bonds is 5. The molecule has 0 spiro atoms. The highest BCUT2D eigenvalue weighted by atomic mass is 35.5. The number of hydrogen-bond donors (Lipinski definition) is 2. The van der Waals surface area contributed by atoms with Gasteiger partial charge in [0.25, 0.3) is 0 Å². The van der Waals surface area contributed by atoms with Crippen LogP contribution in [-0.4, -0.2) is 55.7 Å². The Morgan fingerprint density at radius 2 is 1.93 bits per heavy atom. The maximum atomic E-state index is 13.6. The zero-order valence-corrected chi connectivity index (χ0v) is 16.8. The number of carbonyl (C=O) groups is 1. The zero-order chi connectivity index (χ0) is 18.6. The second-order valence-corrected chi connectivity index (χ2v) is 8.12. The molecule has 1 unspecified atom stereocenters. The molecule has 1 saturated carbocycles. The van der Waals surface area contributed by atoms with Crippen molar-refractivity contribution in [1.82, 2.24) is 15.5 Å². The predicted molar refractivity (Wildman–Crippen MR) is 104 cm³/mol. The van der Waals surface area contributed by atoms with Crippen LogP contribution in [0.5, 0.6) is 0 Å². The number of alkyl halides is 3. The number of amides is 1. The van der Waals surface area contributed by atoms with Gasteiger partial charge in [0.15, 0.2) is 0 Å². The SMILES string of the molecule is Cl.O=C(NCC(N1CCNCC1)C(F)(F)F)C1(c2cccs2)CCCCC1. The standard InChI is InChI=1S/C18H26F3N3OS.ClH/c19-18(20,21)14(24-10-8-22-9-11-24)13-23-16(25)17(6-2-1-3-7-17)15-5-4-12-26-15;/h4-5,12,14,22H,1-3,6-11,13H2,(H,23,25);1H. The van der Waals surface area contributed by atoms with Gasteiger partial charge in [-0.3, -0.25) is 9.69 Å². The minimum Gasteiger partial charge on any atom is -0.353 e. The number of hydrogen-bond acceptors (Lipinski definition) is 4. The van der Waals surface area contributed by atoms with Crippen molar-refractivity contribution in [2.24, 2.45) is 0 Å². The fourth-order valence-electron chi connectivity index (χ4n) is 4.10. The van der Waals surface area contributed by atoms with E-state index >= 15 is 0 Å². The number of carbonyl (C=O) groups excluding carboxylic acids is 1. The summed E-state index contributed by atoms with van der Waals surface area (Å²) in [4.78, 5) is 15.4. The Hall–Kier alpha value is -0.830. The van der Waals surface area contributed by atoms with Gasteiger partial charge in [0.05, 0.1) is 5.41 Å². The van der Waals surface area contributed by atoms with Crippen LogP contribution in [0.1, 0.15) is 37.0 Å². The third-order valence-corrected chi connectivity index (χ3v) is 6.63. The quantitative estimate of drug-likeness (QED) is 0.760. The molecule has 154 valence electrons. The van der Waals surface area contributed by atoms with E-state index in [2.05, 4.69) is 10.6 Å². The topological polar surface area (TPSA) is 44.4 Å². The van der Waals surface area contributed by atoms with E-state index in [0.29, 0.717) is 39.0 Å². The van der Waals surface area contributed by atoms with Crippen LogP contribution in [-0.2, 0) is 10.2 Å². The van der Waals surface area contributed by atoms with Crippen molar-refractivity contribution >= 4 is 29.7 Å². The summed E-state index contributed by atoms with van der Waals surface area (Å²) >= 11 is 1.52. The lowest BCUT2D eigenvalue weighted by atomic mass is 9.72. The fraction of sp³-hybridized carbons (Fsp3) is 0.722. The smallest absolute Gasteiger partial charge is 0.353 e. The maximum absolute atomic E-state index is 13.6.